The Labute approximate surface area is 139 Å². The first-order valence-electron chi connectivity index (χ1n) is 7.54. The predicted molar refractivity (Wildman–Crippen MR) is 84.3 cm³/mol. The highest BCUT2D eigenvalue weighted by Gasteiger charge is 2.33. The molecule has 1 N–H and O–H groups in total. The lowest BCUT2D eigenvalue weighted by Gasteiger charge is -2.25. The standard InChI is InChI=1S/C15H21F3N2O3S/c1-20(2)24(21,22)10-14(11-7-8-19-9-11)23-13-5-3-12(4-6-13)15(16,17)18/h3-6,11,14,19H,7-10H2,1-2H3/t11-,14+/m0/s1. The van der Waals surface area contributed by atoms with Gasteiger partial charge in [-0.05, 0) is 37.2 Å². The zero-order valence-electron chi connectivity index (χ0n) is 13.5. The predicted octanol–water partition coefficient (Wildman–Crippen LogP) is 1.95. The Morgan fingerprint density at radius 2 is 1.92 bits per heavy atom. The highest BCUT2D eigenvalue weighted by Crippen LogP contribution is 2.31. The van der Waals surface area contributed by atoms with E-state index in [9.17, 15) is 21.6 Å². The molecule has 0 bridgehead atoms. The van der Waals surface area contributed by atoms with Crippen LogP contribution in [0.4, 0.5) is 13.2 Å². The van der Waals surface area contributed by atoms with Crippen molar-refractivity contribution in [3.05, 3.63) is 29.8 Å². The molecule has 0 unspecified atom stereocenters. The molecule has 5 nitrogen and oxygen atoms in total. The number of sulfonamides is 1. The molecule has 9 heteroatoms. The molecule has 1 aliphatic rings. The Morgan fingerprint density at radius 1 is 1.29 bits per heavy atom. The molecule has 0 amide bonds. The lowest BCUT2D eigenvalue weighted by Crippen LogP contribution is -2.39. The van der Waals surface area contributed by atoms with Crippen molar-refractivity contribution < 1.29 is 26.3 Å². The van der Waals surface area contributed by atoms with Gasteiger partial charge in [0.05, 0.1) is 5.56 Å². The van der Waals surface area contributed by atoms with E-state index in [-0.39, 0.29) is 17.4 Å². The van der Waals surface area contributed by atoms with E-state index in [1.165, 1.54) is 26.2 Å². The van der Waals surface area contributed by atoms with Crippen LogP contribution >= 0.6 is 0 Å². The minimum Gasteiger partial charge on any atom is -0.489 e. The van der Waals surface area contributed by atoms with Crippen LogP contribution < -0.4 is 10.1 Å². The number of nitrogens with one attached hydrogen (secondary N) is 1. The molecular weight excluding hydrogens is 345 g/mol. The maximum atomic E-state index is 12.6. The van der Waals surface area contributed by atoms with Crippen molar-refractivity contribution in [2.75, 3.05) is 32.9 Å². The second-order valence-corrected chi connectivity index (χ2v) is 8.22. The summed E-state index contributed by atoms with van der Waals surface area (Å²) >= 11 is 0. The first kappa shape index (κ1) is 19.0. The lowest BCUT2D eigenvalue weighted by atomic mass is 10.0. The fraction of sp³-hybridized carbons (Fsp3) is 0.600. The van der Waals surface area contributed by atoms with E-state index in [4.69, 9.17) is 4.74 Å². The van der Waals surface area contributed by atoms with E-state index in [1.54, 1.807) is 0 Å². The maximum absolute atomic E-state index is 12.6. The minimum atomic E-state index is -4.42. The van der Waals surface area contributed by atoms with Crippen LogP contribution in [0.25, 0.3) is 0 Å². The van der Waals surface area contributed by atoms with Crippen molar-refractivity contribution in [3.8, 4) is 5.75 Å². The van der Waals surface area contributed by atoms with Crippen molar-refractivity contribution in [2.45, 2.75) is 18.7 Å². The number of nitrogens with zero attached hydrogens (tertiary/aromatic N) is 1. The molecule has 0 aromatic heterocycles. The summed E-state index contributed by atoms with van der Waals surface area (Å²) in [6.07, 6.45) is -4.28. The van der Waals surface area contributed by atoms with Crippen molar-refractivity contribution in [1.29, 1.82) is 0 Å². The first-order chi connectivity index (χ1) is 11.1. The van der Waals surface area contributed by atoms with Crippen LogP contribution in [0.5, 0.6) is 5.75 Å². The number of alkyl halides is 3. The maximum Gasteiger partial charge on any atom is 0.416 e. The third-order valence-corrected chi connectivity index (χ3v) is 5.89. The Morgan fingerprint density at radius 3 is 2.38 bits per heavy atom. The largest absolute Gasteiger partial charge is 0.489 e. The third kappa shape index (κ3) is 4.84. The second kappa shape index (κ2) is 7.28. The summed E-state index contributed by atoms with van der Waals surface area (Å²) in [5.41, 5.74) is -0.769. The highest BCUT2D eigenvalue weighted by molar-refractivity contribution is 7.89. The van der Waals surface area contributed by atoms with Gasteiger partial charge in [0.2, 0.25) is 10.0 Å². The normalized spacial score (nSPS) is 20.3. The summed E-state index contributed by atoms with van der Waals surface area (Å²) in [6, 6.07) is 4.31. The monoisotopic (exact) mass is 366 g/mol. The summed E-state index contributed by atoms with van der Waals surface area (Å²) < 4.78 is 69.0. The van der Waals surface area contributed by atoms with Crippen LogP contribution in [-0.2, 0) is 16.2 Å². The van der Waals surface area contributed by atoms with Gasteiger partial charge in [-0.3, -0.25) is 0 Å². The lowest BCUT2D eigenvalue weighted by molar-refractivity contribution is -0.137. The minimum absolute atomic E-state index is 0.0120. The van der Waals surface area contributed by atoms with E-state index in [0.717, 1.165) is 29.4 Å². The number of hydrogen-bond acceptors (Lipinski definition) is 4. The van der Waals surface area contributed by atoms with Gasteiger partial charge in [0.15, 0.2) is 0 Å². The van der Waals surface area contributed by atoms with Crippen molar-refractivity contribution >= 4 is 10.0 Å². The molecular formula is C15H21F3N2O3S. The number of rotatable bonds is 6. The average molecular weight is 366 g/mol. The van der Waals surface area contributed by atoms with Crippen LogP contribution in [0.1, 0.15) is 12.0 Å². The van der Waals surface area contributed by atoms with Crippen molar-refractivity contribution in [3.63, 3.8) is 0 Å². The van der Waals surface area contributed by atoms with Gasteiger partial charge in [-0.1, -0.05) is 0 Å². The molecule has 1 aromatic rings. The van der Waals surface area contributed by atoms with Crippen LogP contribution in [0.2, 0.25) is 0 Å². The van der Waals surface area contributed by atoms with Crippen molar-refractivity contribution in [2.24, 2.45) is 5.92 Å². The van der Waals surface area contributed by atoms with Gasteiger partial charge in [-0.15, -0.1) is 0 Å². The summed E-state index contributed by atoms with van der Waals surface area (Å²) in [4.78, 5) is 0. The second-order valence-electron chi connectivity index (χ2n) is 5.99. The molecule has 0 aliphatic carbocycles. The fourth-order valence-corrected chi connectivity index (χ4v) is 3.57. The van der Waals surface area contributed by atoms with E-state index < -0.39 is 27.9 Å². The molecule has 1 heterocycles. The van der Waals surface area contributed by atoms with Crippen LogP contribution in [-0.4, -0.2) is 51.8 Å². The Balaban J connectivity index is 2.16. The Kier molecular flexibility index (Phi) is 5.77. The smallest absolute Gasteiger partial charge is 0.416 e. The summed E-state index contributed by atoms with van der Waals surface area (Å²) in [6.45, 7) is 1.38. The molecule has 0 radical (unpaired) electrons. The van der Waals surface area contributed by atoms with Gasteiger partial charge in [0.25, 0.3) is 0 Å². The summed E-state index contributed by atoms with van der Waals surface area (Å²) in [7, 11) is -0.602. The Bertz CT molecular complexity index is 639. The topological polar surface area (TPSA) is 58.6 Å². The van der Waals surface area contributed by atoms with Gasteiger partial charge in [0, 0.05) is 26.6 Å². The van der Waals surface area contributed by atoms with Gasteiger partial charge < -0.3 is 10.1 Å². The van der Waals surface area contributed by atoms with Crippen LogP contribution in [0.15, 0.2) is 24.3 Å². The molecule has 2 rings (SSSR count). The molecule has 1 aromatic carbocycles. The zero-order chi connectivity index (χ0) is 18.0. The molecule has 1 fully saturated rings. The number of halogens is 3. The average Bonchev–Trinajstić information content (AvgIpc) is 3.00. The van der Waals surface area contributed by atoms with E-state index in [0.29, 0.717) is 6.54 Å². The fourth-order valence-electron chi connectivity index (χ4n) is 2.51. The SMILES string of the molecule is CN(C)S(=O)(=O)C[C@@H](Oc1ccc(C(F)(F)F)cc1)[C@H]1CCNC1. The molecule has 24 heavy (non-hydrogen) atoms. The molecule has 1 saturated heterocycles. The quantitative estimate of drug-likeness (QED) is 0.836. The van der Waals surface area contributed by atoms with Gasteiger partial charge in [0.1, 0.15) is 17.6 Å². The highest BCUT2D eigenvalue weighted by atomic mass is 32.2. The van der Waals surface area contributed by atoms with E-state index >= 15 is 0 Å². The molecule has 0 spiro atoms. The number of hydrogen-bond donors (Lipinski definition) is 1. The molecule has 2 atom stereocenters. The number of benzene rings is 1. The summed E-state index contributed by atoms with van der Waals surface area (Å²) in [5, 5.41) is 3.15. The number of ether oxygens (including phenoxy) is 1. The molecule has 136 valence electrons. The Hall–Kier alpha value is -1.32. The van der Waals surface area contributed by atoms with Crippen LogP contribution in [0, 0.1) is 5.92 Å². The zero-order valence-corrected chi connectivity index (χ0v) is 14.3. The van der Waals surface area contributed by atoms with Crippen LogP contribution in [0.3, 0.4) is 0 Å². The van der Waals surface area contributed by atoms with Gasteiger partial charge in [-0.25, -0.2) is 12.7 Å². The van der Waals surface area contributed by atoms with E-state index in [2.05, 4.69) is 5.32 Å². The van der Waals surface area contributed by atoms with Gasteiger partial charge >= 0.3 is 6.18 Å². The van der Waals surface area contributed by atoms with E-state index in [1.807, 2.05) is 0 Å². The summed E-state index contributed by atoms with van der Waals surface area (Å²) in [5.74, 6) is 0.00349. The molecule has 0 saturated carbocycles. The third-order valence-electron chi connectivity index (χ3n) is 4.02. The molecule has 1 aliphatic heterocycles. The van der Waals surface area contributed by atoms with Crippen molar-refractivity contribution in [1.82, 2.24) is 9.62 Å². The van der Waals surface area contributed by atoms with Gasteiger partial charge in [-0.2, -0.15) is 13.2 Å². The first-order valence-corrected chi connectivity index (χ1v) is 9.15.